The first-order chi connectivity index (χ1) is 12.3. The van der Waals surface area contributed by atoms with Crippen molar-refractivity contribution in [3.05, 3.63) is 24.2 Å². The molecule has 0 bridgehead atoms. The Hall–Kier alpha value is -1.29. The number of nitrogens with zero attached hydrogens (tertiary/aromatic N) is 3. The Kier molecular flexibility index (Phi) is 11.3. The molecule has 7 nitrogen and oxygen atoms in total. The molecule has 0 spiro atoms. The number of unbranched alkanes of at least 4 members (excludes halogenated alkanes) is 1. The van der Waals surface area contributed by atoms with E-state index in [-0.39, 0.29) is 29.9 Å². The van der Waals surface area contributed by atoms with Gasteiger partial charge in [0.2, 0.25) is 0 Å². The molecule has 2 heterocycles. The second kappa shape index (κ2) is 13.0. The standard InChI is InChI=1S/C18H30N4O3.HI/c1-3-4-13-24-14-6-8-20-18(19-2)22-11-9-21(10-12-22)17(23)16-7-5-15-25-16;/h5,7,15H,3-4,6,8-14H2,1-2H3,(H,19,20);1H. The summed E-state index contributed by atoms with van der Waals surface area (Å²) in [7, 11) is 1.79. The molecule has 1 aliphatic heterocycles. The van der Waals surface area contributed by atoms with Crippen molar-refractivity contribution in [2.24, 2.45) is 4.99 Å². The van der Waals surface area contributed by atoms with Gasteiger partial charge >= 0.3 is 0 Å². The number of piperazine rings is 1. The summed E-state index contributed by atoms with van der Waals surface area (Å²) in [6.07, 6.45) is 4.77. The number of hydrogen-bond acceptors (Lipinski definition) is 4. The van der Waals surface area contributed by atoms with Crippen molar-refractivity contribution in [1.29, 1.82) is 0 Å². The molecule has 1 fully saturated rings. The van der Waals surface area contributed by atoms with Crippen molar-refractivity contribution in [1.82, 2.24) is 15.1 Å². The quantitative estimate of drug-likeness (QED) is 0.269. The van der Waals surface area contributed by atoms with Crippen LogP contribution in [-0.4, -0.2) is 74.7 Å². The van der Waals surface area contributed by atoms with Crippen molar-refractivity contribution in [2.75, 3.05) is 53.0 Å². The molecule has 2 rings (SSSR count). The fraction of sp³-hybridized carbons (Fsp3) is 0.667. The summed E-state index contributed by atoms with van der Waals surface area (Å²) in [6.45, 7) is 7.48. The Labute approximate surface area is 173 Å². The van der Waals surface area contributed by atoms with Gasteiger partial charge in [0.15, 0.2) is 11.7 Å². The van der Waals surface area contributed by atoms with Crippen molar-refractivity contribution in [2.45, 2.75) is 26.2 Å². The van der Waals surface area contributed by atoms with E-state index in [2.05, 4.69) is 22.1 Å². The van der Waals surface area contributed by atoms with E-state index in [9.17, 15) is 4.79 Å². The number of guanidine groups is 1. The SMILES string of the molecule is CCCCOCCCNC(=NC)N1CCN(C(=O)c2ccco2)CC1.I. The Balaban J connectivity index is 0.00000338. The van der Waals surface area contributed by atoms with Crippen molar-refractivity contribution < 1.29 is 13.9 Å². The highest BCUT2D eigenvalue weighted by atomic mass is 127. The summed E-state index contributed by atoms with van der Waals surface area (Å²) < 4.78 is 10.8. The first kappa shape index (κ1) is 22.8. The molecular formula is C18H31IN4O3. The van der Waals surface area contributed by atoms with Crippen LogP contribution in [0.2, 0.25) is 0 Å². The maximum Gasteiger partial charge on any atom is 0.289 e. The topological polar surface area (TPSA) is 70.3 Å². The number of aliphatic imine (C=N–C) groups is 1. The van der Waals surface area contributed by atoms with Crippen LogP contribution in [0.15, 0.2) is 27.8 Å². The second-order valence-corrected chi connectivity index (χ2v) is 6.05. The summed E-state index contributed by atoms with van der Waals surface area (Å²) in [6, 6.07) is 3.44. The third-order valence-electron chi connectivity index (χ3n) is 4.20. The molecule has 1 N–H and O–H groups in total. The minimum atomic E-state index is -0.0446. The zero-order chi connectivity index (χ0) is 17.9. The monoisotopic (exact) mass is 478 g/mol. The van der Waals surface area contributed by atoms with Gasteiger partial charge in [0.05, 0.1) is 6.26 Å². The molecule has 0 radical (unpaired) electrons. The summed E-state index contributed by atoms with van der Waals surface area (Å²) in [5.74, 6) is 1.24. The molecule has 0 aromatic carbocycles. The third kappa shape index (κ3) is 7.14. The van der Waals surface area contributed by atoms with E-state index in [0.29, 0.717) is 18.8 Å². The fourth-order valence-corrected chi connectivity index (χ4v) is 2.73. The van der Waals surface area contributed by atoms with Crippen LogP contribution < -0.4 is 5.32 Å². The highest BCUT2D eigenvalue weighted by Crippen LogP contribution is 2.09. The molecular weight excluding hydrogens is 447 g/mol. The number of carbonyl (C=O) groups is 1. The van der Waals surface area contributed by atoms with Crippen LogP contribution in [0.4, 0.5) is 0 Å². The maximum absolute atomic E-state index is 12.3. The van der Waals surface area contributed by atoms with Gasteiger partial charge in [0.25, 0.3) is 5.91 Å². The summed E-state index contributed by atoms with van der Waals surface area (Å²) >= 11 is 0. The number of halogens is 1. The lowest BCUT2D eigenvalue weighted by Crippen LogP contribution is -2.53. The molecule has 148 valence electrons. The second-order valence-electron chi connectivity index (χ2n) is 6.05. The summed E-state index contributed by atoms with van der Waals surface area (Å²) in [4.78, 5) is 20.6. The lowest BCUT2D eigenvalue weighted by Gasteiger charge is -2.36. The maximum atomic E-state index is 12.3. The molecule has 1 aliphatic rings. The first-order valence-corrected chi connectivity index (χ1v) is 9.12. The number of rotatable bonds is 8. The molecule has 1 aromatic heterocycles. The number of hydrogen-bond donors (Lipinski definition) is 1. The van der Waals surface area contributed by atoms with Gasteiger partial charge in [-0.3, -0.25) is 9.79 Å². The fourth-order valence-electron chi connectivity index (χ4n) is 2.73. The Bertz CT molecular complexity index is 529. The van der Waals surface area contributed by atoms with Gasteiger partial charge in [-0.25, -0.2) is 0 Å². The number of amides is 1. The zero-order valence-electron chi connectivity index (χ0n) is 15.8. The normalized spacial score (nSPS) is 14.9. The van der Waals surface area contributed by atoms with E-state index >= 15 is 0 Å². The van der Waals surface area contributed by atoms with E-state index in [1.807, 2.05) is 4.90 Å². The highest BCUT2D eigenvalue weighted by molar-refractivity contribution is 14.0. The molecule has 1 saturated heterocycles. The van der Waals surface area contributed by atoms with Gasteiger partial charge in [-0.05, 0) is 25.0 Å². The minimum Gasteiger partial charge on any atom is -0.459 e. The van der Waals surface area contributed by atoms with Gasteiger partial charge in [0, 0.05) is 53.0 Å². The van der Waals surface area contributed by atoms with Gasteiger partial charge in [0.1, 0.15) is 0 Å². The number of carbonyl (C=O) groups excluding carboxylic acids is 1. The summed E-state index contributed by atoms with van der Waals surface area (Å²) in [5.41, 5.74) is 0. The zero-order valence-corrected chi connectivity index (χ0v) is 18.1. The van der Waals surface area contributed by atoms with E-state index in [4.69, 9.17) is 9.15 Å². The Morgan fingerprint density at radius 3 is 2.54 bits per heavy atom. The van der Waals surface area contributed by atoms with Crippen molar-refractivity contribution in [3.63, 3.8) is 0 Å². The van der Waals surface area contributed by atoms with Crippen LogP contribution in [0.5, 0.6) is 0 Å². The third-order valence-corrected chi connectivity index (χ3v) is 4.20. The molecule has 1 amide bonds. The van der Waals surface area contributed by atoms with E-state index < -0.39 is 0 Å². The molecule has 8 heteroatoms. The van der Waals surface area contributed by atoms with E-state index in [0.717, 1.165) is 51.6 Å². The average Bonchev–Trinajstić information content (AvgIpc) is 3.18. The number of nitrogens with one attached hydrogen (secondary N) is 1. The van der Waals surface area contributed by atoms with Crippen LogP contribution in [0.25, 0.3) is 0 Å². The minimum absolute atomic E-state index is 0. The van der Waals surface area contributed by atoms with E-state index in [1.54, 1.807) is 19.2 Å². The smallest absolute Gasteiger partial charge is 0.289 e. The first-order valence-electron chi connectivity index (χ1n) is 9.12. The Morgan fingerprint density at radius 1 is 1.23 bits per heavy atom. The predicted octanol–water partition coefficient (Wildman–Crippen LogP) is 2.44. The lowest BCUT2D eigenvalue weighted by atomic mass is 10.3. The van der Waals surface area contributed by atoms with Crippen LogP contribution >= 0.6 is 24.0 Å². The molecule has 0 aliphatic carbocycles. The van der Waals surface area contributed by atoms with Crippen LogP contribution in [0.1, 0.15) is 36.7 Å². The van der Waals surface area contributed by atoms with Crippen LogP contribution in [-0.2, 0) is 4.74 Å². The molecule has 1 aromatic rings. The van der Waals surface area contributed by atoms with Gasteiger partial charge < -0.3 is 24.3 Å². The van der Waals surface area contributed by atoms with Crippen LogP contribution in [0.3, 0.4) is 0 Å². The molecule has 26 heavy (non-hydrogen) atoms. The molecule has 0 atom stereocenters. The largest absolute Gasteiger partial charge is 0.459 e. The number of ether oxygens (including phenoxy) is 1. The average molecular weight is 478 g/mol. The van der Waals surface area contributed by atoms with Gasteiger partial charge in [-0.2, -0.15) is 0 Å². The van der Waals surface area contributed by atoms with Gasteiger partial charge in [-0.15, -0.1) is 24.0 Å². The van der Waals surface area contributed by atoms with E-state index in [1.165, 1.54) is 12.7 Å². The Morgan fingerprint density at radius 2 is 1.92 bits per heavy atom. The van der Waals surface area contributed by atoms with Gasteiger partial charge in [-0.1, -0.05) is 13.3 Å². The highest BCUT2D eigenvalue weighted by Gasteiger charge is 2.24. The lowest BCUT2D eigenvalue weighted by molar-refractivity contribution is 0.0657. The van der Waals surface area contributed by atoms with Crippen molar-refractivity contribution in [3.8, 4) is 0 Å². The predicted molar refractivity (Wildman–Crippen MR) is 113 cm³/mol. The van der Waals surface area contributed by atoms with Crippen molar-refractivity contribution >= 4 is 35.8 Å². The summed E-state index contributed by atoms with van der Waals surface area (Å²) in [5, 5.41) is 3.38. The van der Waals surface area contributed by atoms with Crippen LogP contribution in [0, 0.1) is 0 Å². The molecule has 0 saturated carbocycles. The number of furan rings is 1. The molecule has 0 unspecified atom stereocenters.